The topological polar surface area (TPSA) is 91.4 Å². The molecule has 1 aliphatic heterocycles. The number of sulfonamides is 1. The minimum Gasteiger partial charge on any atom is -0.357 e. The molecule has 2 aromatic rings. The highest BCUT2D eigenvalue weighted by molar-refractivity contribution is 7.89. The first-order valence-electron chi connectivity index (χ1n) is 9.11. The fourth-order valence-corrected chi connectivity index (χ4v) is 4.33. The maximum Gasteiger partial charge on any atom is 0.244 e. The third-order valence-corrected chi connectivity index (χ3v) is 6.13. The average Bonchev–Trinajstić information content (AvgIpc) is 3.21. The summed E-state index contributed by atoms with van der Waals surface area (Å²) in [5, 5.41) is 2.70. The van der Waals surface area contributed by atoms with E-state index < -0.39 is 32.7 Å². The Hall–Kier alpha value is -2.52. The Labute approximate surface area is 164 Å². The predicted octanol–water partition coefficient (Wildman–Crippen LogP) is 1.80. The number of aromatic nitrogens is 1. The van der Waals surface area contributed by atoms with E-state index in [1.54, 1.807) is 12.3 Å². The number of carbonyl (C=O) groups excluding carboxylic acids is 1. The molecule has 150 valence electrons. The number of amides is 1. The first kappa shape index (κ1) is 20.2. The van der Waals surface area contributed by atoms with Gasteiger partial charge in [-0.25, -0.2) is 17.8 Å². The molecular weight excluding hydrogens is 383 g/mol. The summed E-state index contributed by atoms with van der Waals surface area (Å²) in [6.07, 6.45) is 3.98. The van der Waals surface area contributed by atoms with Crippen molar-refractivity contribution in [3.63, 3.8) is 0 Å². The van der Waals surface area contributed by atoms with Crippen molar-refractivity contribution in [3.05, 3.63) is 54.0 Å². The lowest BCUT2D eigenvalue weighted by molar-refractivity contribution is -0.122. The van der Waals surface area contributed by atoms with Crippen molar-refractivity contribution in [3.8, 4) is 0 Å². The number of nitrogens with one attached hydrogen (secondary N) is 2. The van der Waals surface area contributed by atoms with Gasteiger partial charge in [0.2, 0.25) is 15.9 Å². The van der Waals surface area contributed by atoms with Gasteiger partial charge in [0.05, 0.1) is 6.04 Å². The van der Waals surface area contributed by atoms with E-state index in [0.717, 1.165) is 49.4 Å². The minimum absolute atomic E-state index is 0.244. The van der Waals surface area contributed by atoms with Crippen molar-refractivity contribution in [2.24, 2.45) is 0 Å². The van der Waals surface area contributed by atoms with Gasteiger partial charge in [-0.3, -0.25) is 4.79 Å². The van der Waals surface area contributed by atoms with Gasteiger partial charge in [-0.1, -0.05) is 12.1 Å². The fourth-order valence-electron chi connectivity index (χ4n) is 3.04. The molecule has 1 amide bonds. The van der Waals surface area contributed by atoms with Crippen LogP contribution in [-0.2, 0) is 21.4 Å². The smallest absolute Gasteiger partial charge is 0.244 e. The Morgan fingerprint density at radius 2 is 1.96 bits per heavy atom. The molecule has 1 fully saturated rings. The van der Waals surface area contributed by atoms with E-state index in [1.807, 2.05) is 6.07 Å². The van der Waals surface area contributed by atoms with E-state index in [9.17, 15) is 17.6 Å². The van der Waals surface area contributed by atoms with Gasteiger partial charge in [0.1, 0.15) is 16.5 Å². The molecule has 3 rings (SSSR count). The van der Waals surface area contributed by atoms with Crippen LogP contribution in [-0.4, -0.2) is 38.4 Å². The number of benzene rings is 1. The normalized spacial score (nSPS) is 15.4. The zero-order valence-electron chi connectivity index (χ0n) is 15.6. The molecule has 0 saturated carbocycles. The molecule has 0 aliphatic carbocycles. The van der Waals surface area contributed by atoms with Crippen molar-refractivity contribution in [2.75, 3.05) is 18.0 Å². The molecule has 28 heavy (non-hydrogen) atoms. The monoisotopic (exact) mass is 406 g/mol. The summed E-state index contributed by atoms with van der Waals surface area (Å²) in [5.74, 6) is -0.495. The van der Waals surface area contributed by atoms with Crippen LogP contribution in [0.4, 0.5) is 10.2 Å². The highest BCUT2D eigenvalue weighted by Gasteiger charge is 2.24. The van der Waals surface area contributed by atoms with Crippen LogP contribution in [0.1, 0.15) is 25.3 Å². The lowest BCUT2D eigenvalue weighted by Gasteiger charge is -2.18. The van der Waals surface area contributed by atoms with Crippen LogP contribution >= 0.6 is 0 Å². The number of hydrogen-bond donors (Lipinski definition) is 2. The van der Waals surface area contributed by atoms with Crippen LogP contribution in [0.3, 0.4) is 0 Å². The molecule has 1 aromatic heterocycles. The Kier molecular flexibility index (Phi) is 6.25. The fraction of sp³-hybridized carbons (Fsp3) is 0.368. The number of halogens is 1. The Morgan fingerprint density at radius 1 is 1.25 bits per heavy atom. The van der Waals surface area contributed by atoms with Crippen LogP contribution in [0.15, 0.2) is 47.5 Å². The van der Waals surface area contributed by atoms with Gasteiger partial charge in [-0.05, 0) is 49.6 Å². The molecule has 1 unspecified atom stereocenters. The molecule has 2 N–H and O–H groups in total. The van der Waals surface area contributed by atoms with E-state index in [2.05, 4.69) is 19.9 Å². The number of carbonyl (C=O) groups is 1. The summed E-state index contributed by atoms with van der Waals surface area (Å²) in [6.45, 7) is 3.60. The van der Waals surface area contributed by atoms with Crippen LogP contribution in [0.5, 0.6) is 0 Å². The second-order valence-electron chi connectivity index (χ2n) is 6.71. The first-order chi connectivity index (χ1) is 13.4. The second-order valence-corrected chi connectivity index (χ2v) is 8.39. The molecule has 0 radical (unpaired) electrons. The van der Waals surface area contributed by atoms with Crippen molar-refractivity contribution in [2.45, 2.75) is 37.2 Å². The Balaban J connectivity index is 1.59. The predicted molar refractivity (Wildman–Crippen MR) is 104 cm³/mol. The summed E-state index contributed by atoms with van der Waals surface area (Å²) in [7, 11) is -4.14. The Bertz CT molecular complexity index is 946. The standard InChI is InChI=1S/C19H23FN4O3S/c1-14(23-28(26,27)17-7-3-2-6-16(17)20)19(25)22-13-15-8-9-21-18(12-15)24-10-4-5-11-24/h2-3,6-9,12,14,23H,4-5,10-11,13H2,1H3,(H,22,25). The highest BCUT2D eigenvalue weighted by atomic mass is 32.2. The Morgan fingerprint density at radius 3 is 2.68 bits per heavy atom. The quantitative estimate of drug-likeness (QED) is 0.732. The molecule has 7 nitrogen and oxygen atoms in total. The van der Waals surface area contributed by atoms with Gasteiger partial charge in [0.15, 0.2) is 0 Å². The van der Waals surface area contributed by atoms with E-state index in [1.165, 1.54) is 19.1 Å². The number of rotatable bonds is 7. The summed E-state index contributed by atoms with van der Waals surface area (Å²) in [4.78, 5) is 18.4. The zero-order chi connectivity index (χ0) is 20.1. The van der Waals surface area contributed by atoms with Crippen LogP contribution in [0.2, 0.25) is 0 Å². The van der Waals surface area contributed by atoms with Crippen molar-refractivity contribution >= 4 is 21.7 Å². The molecule has 1 aliphatic rings. The van der Waals surface area contributed by atoms with E-state index in [0.29, 0.717) is 0 Å². The molecule has 0 spiro atoms. The van der Waals surface area contributed by atoms with Crippen molar-refractivity contribution in [1.29, 1.82) is 0 Å². The molecule has 1 atom stereocenters. The van der Waals surface area contributed by atoms with Crippen LogP contribution in [0.25, 0.3) is 0 Å². The largest absolute Gasteiger partial charge is 0.357 e. The average molecular weight is 406 g/mol. The first-order valence-corrected chi connectivity index (χ1v) is 10.6. The summed E-state index contributed by atoms with van der Waals surface area (Å²) in [6, 6.07) is 7.69. The maximum absolute atomic E-state index is 13.7. The van der Waals surface area contributed by atoms with E-state index >= 15 is 0 Å². The number of nitrogens with zero attached hydrogens (tertiary/aromatic N) is 2. The van der Waals surface area contributed by atoms with Gasteiger partial charge >= 0.3 is 0 Å². The lowest BCUT2D eigenvalue weighted by Crippen LogP contribution is -2.44. The van der Waals surface area contributed by atoms with Gasteiger partial charge < -0.3 is 10.2 Å². The minimum atomic E-state index is -4.14. The SMILES string of the molecule is CC(NS(=O)(=O)c1ccccc1F)C(=O)NCc1ccnc(N2CCCC2)c1. The van der Waals surface area contributed by atoms with Gasteiger partial charge in [-0.15, -0.1) is 0 Å². The number of anilines is 1. The lowest BCUT2D eigenvalue weighted by atomic mass is 10.2. The van der Waals surface area contributed by atoms with E-state index in [-0.39, 0.29) is 6.54 Å². The number of hydrogen-bond acceptors (Lipinski definition) is 5. The molecular formula is C19H23FN4O3S. The van der Waals surface area contributed by atoms with Gasteiger partial charge in [0.25, 0.3) is 0 Å². The van der Waals surface area contributed by atoms with Crippen LogP contribution < -0.4 is 14.9 Å². The zero-order valence-corrected chi connectivity index (χ0v) is 16.4. The molecule has 2 heterocycles. The van der Waals surface area contributed by atoms with Crippen molar-refractivity contribution < 1.29 is 17.6 Å². The molecule has 0 bridgehead atoms. The maximum atomic E-state index is 13.7. The third kappa shape index (κ3) is 4.85. The van der Waals surface area contributed by atoms with E-state index in [4.69, 9.17) is 0 Å². The van der Waals surface area contributed by atoms with Crippen molar-refractivity contribution in [1.82, 2.24) is 15.0 Å². The molecule has 1 aromatic carbocycles. The van der Waals surface area contributed by atoms with Gasteiger partial charge in [0, 0.05) is 25.8 Å². The summed E-state index contributed by atoms with van der Waals surface area (Å²) >= 11 is 0. The van der Waals surface area contributed by atoms with Crippen LogP contribution in [0, 0.1) is 5.82 Å². The highest BCUT2D eigenvalue weighted by Crippen LogP contribution is 2.18. The number of pyridine rings is 1. The van der Waals surface area contributed by atoms with Gasteiger partial charge in [-0.2, -0.15) is 4.72 Å². The molecule has 1 saturated heterocycles. The summed E-state index contributed by atoms with van der Waals surface area (Å²) in [5.41, 5.74) is 0.870. The third-order valence-electron chi connectivity index (χ3n) is 4.56. The molecule has 9 heteroatoms. The summed E-state index contributed by atoms with van der Waals surface area (Å²) < 4.78 is 40.5. The second kappa shape index (κ2) is 8.66.